The van der Waals surface area contributed by atoms with Crippen LogP contribution in [0.4, 0.5) is 4.39 Å². The zero-order valence-electron chi connectivity index (χ0n) is 15.6. The minimum absolute atomic E-state index is 0.176. The van der Waals surface area contributed by atoms with E-state index < -0.39 is 21.3 Å². The minimum Gasteiger partial charge on any atom is -0.424 e. The van der Waals surface area contributed by atoms with Crippen molar-refractivity contribution in [3.05, 3.63) is 58.1 Å². The monoisotopic (exact) mass is 460 g/mol. The number of hydrogen-bond donors (Lipinski definition) is 1. The zero-order chi connectivity index (χ0) is 21.2. The third kappa shape index (κ3) is 4.98. The van der Waals surface area contributed by atoms with Crippen molar-refractivity contribution in [2.45, 2.75) is 38.1 Å². The van der Waals surface area contributed by atoms with Crippen molar-refractivity contribution in [1.82, 2.24) is 19.5 Å². The first-order valence-electron chi connectivity index (χ1n) is 8.82. The Morgan fingerprint density at radius 2 is 1.97 bits per heavy atom. The molecule has 1 aromatic carbocycles. The molecule has 1 aliphatic carbocycles. The van der Waals surface area contributed by atoms with Crippen molar-refractivity contribution < 1.29 is 17.5 Å². The second-order valence-corrected chi connectivity index (χ2v) is 9.11. The van der Waals surface area contributed by atoms with Crippen LogP contribution < -0.4 is 9.46 Å². The van der Waals surface area contributed by atoms with E-state index in [1.165, 1.54) is 30.3 Å². The molecule has 1 unspecified atom stereocenters. The molecule has 0 aliphatic heterocycles. The van der Waals surface area contributed by atoms with E-state index in [4.69, 9.17) is 27.9 Å². The average molecular weight is 461 g/mol. The molecule has 2 aromatic rings. The Kier molecular flexibility index (Phi) is 6.62. The summed E-state index contributed by atoms with van der Waals surface area (Å²) < 4.78 is 48.4. The maximum Gasteiger partial charge on any atom is 0.322 e. The molecule has 29 heavy (non-hydrogen) atoms. The average Bonchev–Trinajstić information content (AvgIpc) is 3.08. The summed E-state index contributed by atoms with van der Waals surface area (Å²) in [6, 6.07) is 4.97. The van der Waals surface area contributed by atoms with Crippen LogP contribution in [0.25, 0.3) is 0 Å². The summed E-state index contributed by atoms with van der Waals surface area (Å²) in [6.07, 6.45) is 3.20. The quantitative estimate of drug-likeness (QED) is 0.667. The van der Waals surface area contributed by atoms with Gasteiger partial charge in [-0.15, -0.1) is 5.10 Å². The molecule has 1 aliphatic rings. The first kappa shape index (κ1) is 21.8. The van der Waals surface area contributed by atoms with Crippen LogP contribution in [0, 0.1) is 5.82 Å². The van der Waals surface area contributed by atoms with Crippen molar-refractivity contribution in [1.29, 1.82) is 0 Å². The Hall–Kier alpha value is -1.94. The lowest BCUT2D eigenvalue weighted by molar-refractivity contribution is 0.407. The lowest BCUT2D eigenvalue weighted by Gasteiger charge is -2.20. The van der Waals surface area contributed by atoms with Crippen LogP contribution in [0.2, 0.25) is 0 Å². The molecule has 0 amide bonds. The topological polar surface area (TPSA) is 86.1 Å². The number of aromatic nitrogens is 3. The molecule has 2 atom stereocenters. The van der Waals surface area contributed by atoms with Gasteiger partial charge in [-0.25, -0.2) is 17.5 Å². The van der Waals surface area contributed by atoms with E-state index in [1.807, 2.05) is 6.92 Å². The summed E-state index contributed by atoms with van der Waals surface area (Å²) in [4.78, 5) is 0. The van der Waals surface area contributed by atoms with E-state index in [2.05, 4.69) is 14.9 Å². The van der Waals surface area contributed by atoms with Crippen LogP contribution in [-0.4, -0.2) is 28.4 Å². The number of nitrogens with one attached hydrogen (secondary N) is 1. The second-order valence-electron chi connectivity index (χ2n) is 6.37. The third-order valence-corrected chi connectivity index (χ3v) is 6.89. The number of rotatable bonds is 7. The number of sulfonamides is 1. The summed E-state index contributed by atoms with van der Waals surface area (Å²) in [5.74, 6) is 0.387. The van der Waals surface area contributed by atoms with Crippen molar-refractivity contribution in [3.8, 4) is 11.8 Å². The lowest BCUT2D eigenvalue weighted by Crippen LogP contribution is -2.36. The molecule has 1 aromatic heterocycles. The lowest BCUT2D eigenvalue weighted by atomic mass is 10.2. The molecule has 0 radical (unpaired) electrons. The molecule has 3 rings (SSSR count). The van der Waals surface area contributed by atoms with Gasteiger partial charge in [-0.1, -0.05) is 34.4 Å². The van der Waals surface area contributed by atoms with Crippen LogP contribution >= 0.6 is 23.2 Å². The molecule has 0 fully saturated rings. The summed E-state index contributed by atoms with van der Waals surface area (Å²) in [7, 11) is -3.74. The summed E-state index contributed by atoms with van der Waals surface area (Å²) in [5.41, 5.74) is 0. The molecule has 0 spiro atoms. The Morgan fingerprint density at radius 3 is 2.59 bits per heavy atom. The highest BCUT2D eigenvalue weighted by Crippen LogP contribution is 2.29. The molecule has 7 nitrogen and oxygen atoms in total. The third-order valence-electron chi connectivity index (χ3n) is 4.30. The molecular formula is C18H19Cl2FN4O3S. The molecule has 0 saturated heterocycles. The highest BCUT2D eigenvalue weighted by molar-refractivity contribution is 7.90. The summed E-state index contributed by atoms with van der Waals surface area (Å²) in [5, 5.41) is 7.76. The molecule has 1 heterocycles. The van der Waals surface area contributed by atoms with E-state index in [-0.39, 0.29) is 23.3 Å². The van der Waals surface area contributed by atoms with Gasteiger partial charge in [0.1, 0.15) is 11.6 Å². The van der Waals surface area contributed by atoms with E-state index >= 15 is 0 Å². The van der Waals surface area contributed by atoms with E-state index in [0.717, 1.165) is 0 Å². The Labute approximate surface area is 178 Å². The minimum atomic E-state index is -3.74. The number of allylic oxidation sites excluding steroid dienone is 3. The fraction of sp³-hybridized carbons (Fsp3) is 0.333. The van der Waals surface area contributed by atoms with Gasteiger partial charge in [-0.2, -0.15) is 0 Å². The molecular weight excluding hydrogens is 442 g/mol. The number of hydrogen-bond acceptors (Lipinski definition) is 5. The standard InChI is InChI=1S/C18H19Cl2FN4O3S/c1-3-25-17(22-23-18(25)28-13-6-4-12(21)5-7-13)11(2)24-29(26,27)14-8-9-15(19)16(20)10-14/h4-7,9-11,14,24H,3,8H2,1-2H3/t11-,14?/m1/s1. The highest BCUT2D eigenvalue weighted by atomic mass is 35.5. The summed E-state index contributed by atoms with van der Waals surface area (Å²) in [6.45, 7) is 3.95. The number of nitrogens with zero attached hydrogens (tertiary/aromatic N) is 3. The SMILES string of the molecule is CCn1c(Oc2ccc(F)cc2)nnc1[C@@H](C)NS(=O)(=O)C1C=C(Cl)C(Cl)=CC1. The number of ether oxygens (including phenoxy) is 1. The van der Waals surface area contributed by atoms with Gasteiger partial charge in [0.2, 0.25) is 10.0 Å². The molecule has 1 N–H and O–H groups in total. The zero-order valence-corrected chi connectivity index (χ0v) is 18.0. The Morgan fingerprint density at radius 1 is 1.28 bits per heavy atom. The van der Waals surface area contributed by atoms with Gasteiger partial charge in [0.05, 0.1) is 21.4 Å². The largest absolute Gasteiger partial charge is 0.424 e. The Bertz CT molecular complexity index is 1050. The van der Waals surface area contributed by atoms with Gasteiger partial charge >= 0.3 is 6.01 Å². The maximum atomic E-state index is 13.1. The second kappa shape index (κ2) is 8.83. The van der Waals surface area contributed by atoms with E-state index in [1.54, 1.807) is 17.6 Å². The van der Waals surface area contributed by atoms with Crippen molar-refractivity contribution in [3.63, 3.8) is 0 Å². The smallest absolute Gasteiger partial charge is 0.322 e. The highest BCUT2D eigenvalue weighted by Gasteiger charge is 2.30. The predicted molar refractivity (Wildman–Crippen MR) is 109 cm³/mol. The molecule has 0 bridgehead atoms. The van der Waals surface area contributed by atoms with Crippen LogP contribution in [0.3, 0.4) is 0 Å². The molecule has 11 heteroatoms. The fourth-order valence-electron chi connectivity index (χ4n) is 2.83. The van der Waals surface area contributed by atoms with Crippen LogP contribution in [-0.2, 0) is 16.6 Å². The Balaban J connectivity index is 1.78. The predicted octanol–water partition coefficient (Wildman–Crippen LogP) is 4.23. The van der Waals surface area contributed by atoms with Gasteiger partial charge in [0, 0.05) is 6.54 Å². The van der Waals surface area contributed by atoms with E-state index in [0.29, 0.717) is 23.2 Å². The van der Waals surface area contributed by atoms with Crippen molar-refractivity contribution in [2.75, 3.05) is 0 Å². The van der Waals surface area contributed by atoms with Gasteiger partial charge in [0.25, 0.3) is 0 Å². The first-order chi connectivity index (χ1) is 13.7. The van der Waals surface area contributed by atoms with Gasteiger partial charge < -0.3 is 4.74 Å². The normalized spacial score (nSPS) is 18.2. The number of benzene rings is 1. The van der Waals surface area contributed by atoms with Crippen molar-refractivity contribution >= 4 is 33.2 Å². The van der Waals surface area contributed by atoms with Crippen molar-refractivity contribution in [2.24, 2.45) is 0 Å². The van der Waals surface area contributed by atoms with Crippen LogP contribution in [0.5, 0.6) is 11.8 Å². The van der Waals surface area contributed by atoms with Gasteiger partial charge in [0.15, 0.2) is 5.82 Å². The maximum absolute atomic E-state index is 13.1. The summed E-state index contributed by atoms with van der Waals surface area (Å²) >= 11 is 11.9. The molecule has 156 valence electrons. The fourth-order valence-corrected chi connectivity index (χ4v) is 4.73. The van der Waals surface area contributed by atoms with E-state index in [9.17, 15) is 12.8 Å². The van der Waals surface area contributed by atoms with Gasteiger partial charge in [-0.3, -0.25) is 4.57 Å². The molecule has 0 saturated carbocycles. The van der Waals surface area contributed by atoms with Crippen LogP contribution in [0.15, 0.2) is 46.5 Å². The first-order valence-corrected chi connectivity index (χ1v) is 11.1. The van der Waals surface area contributed by atoms with Gasteiger partial charge in [-0.05, 0) is 50.6 Å². The number of halogens is 3. The van der Waals surface area contributed by atoms with Crippen LogP contribution in [0.1, 0.15) is 32.1 Å².